The topological polar surface area (TPSA) is 64.0 Å². The number of aryl methyl sites for hydroxylation is 1. The lowest BCUT2D eigenvalue weighted by Crippen LogP contribution is -2.43. The van der Waals surface area contributed by atoms with Gasteiger partial charge in [-0.3, -0.25) is 15.0 Å². The number of halogens is 5. The Bertz CT molecular complexity index is 1120. The van der Waals surface area contributed by atoms with Crippen LogP contribution in [0.1, 0.15) is 23.9 Å². The molecule has 3 aromatic rings. The molecular weight excluding hydrogens is 397 g/mol. The van der Waals surface area contributed by atoms with E-state index in [-0.39, 0.29) is 12.2 Å². The lowest BCUT2D eigenvalue weighted by molar-refractivity contribution is -0.142. The zero-order valence-corrected chi connectivity index (χ0v) is 14.9. The largest absolute Gasteiger partial charge is 0.418 e. The highest BCUT2D eigenvalue weighted by atomic mass is 19.4. The number of hydrogen-bond acceptors (Lipinski definition) is 3. The highest BCUT2D eigenvalue weighted by molar-refractivity contribution is 5.91. The Hall–Kier alpha value is -3.30. The van der Waals surface area contributed by atoms with Crippen LogP contribution in [0.3, 0.4) is 0 Å². The van der Waals surface area contributed by atoms with E-state index in [1.807, 2.05) is 0 Å². The molecule has 3 rings (SSSR count). The summed E-state index contributed by atoms with van der Waals surface area (Å²) in [5.41, 5.74) is -1.64. The number of nitrogens with zero attached hydrogens (tertiary/aromatic N) is 2. The Morgan fingerprint density at radius 3 is 2.28 bits per heavy atom. The predicted octanol–water partition coefficient (Wildman–Crippen LogP) is 3.84. The standard InChI is InChI=1S/C19H14F5N3O2/c1-2-14-25-15-12(9-6-10-13(15)19(22,23)24)16(28)27(14)26-17(29)18(20,21)11-7-4-3-5-8-11/h3-10H,2H2,1H3,(H,26,29). The minimum atomic E-state index is -4.76. The number of carbonyl (C=O) groups excluding carboxylic acids is 1. The minimum Gasteiger partial charge on any atom is -0.267 e. The average Bonchev–Trinajstić information content (AvgIpc) is 2.69. The smallest absolute Gasteiger partial charge is 0.267 e. The van der Waals surface area contributed by atoms with Crippen LogP contribution >= 0.6 is 0 Å². The number of benzene rings is 2. The summed E-state index contributed by atoms with van der Waals surface area (Å²) in [6, 6.07) is 9.05. The molecule has 1 aromatic heterocycles. The number of nitrogens with one attached hydrogen (secondary N) is 1. The molecular formula is C19H14F5N3O2. The molecule has 0 radical (unpaired) electrons. The molecule has 152 valence electrons. The van der Waals surface area contributed by atoms with Crippen LogP contribution < -0.4 is 11.0 Å². The summed E-state index contributed by atoms with van der Waals surface area (Å²) in [5.74, 6) is -6.08. The fourth-order valence-corrected chi connectivity index (χ4v) is 2.78. The molecule has 0 aliphatic carbocycles. The second-order valence-electron chi connectivity index (χ2n) is 6.10. The van der Waals surface area contributed by atoms with E-state index < -0.39 is 45.6 Å². The zero-order chi connectivity index (χ0) is 21.4. The van der Waals surface area contributed by atoms with Crippen LogP contribution in [0.15, 0.2) is 53.3 Å². The molecule has 2 aromatic carbocycles. The van der Waals surface area contributed by atoms with Crippen LogP contribution in [0.25, 0.3) is 10.9 Å². The first kappa shape index (κ1) is 20.4. The quantitative estimate of drug-likeness (QED) is 0.664. The second-order valence-corrected chi connectivity index (χ2v) is 6.10. The van der Waals surface area contributed by atoms with Gasteiger partial charge in [-0.25, -0.2) is 9.66 Å². The van der Waals surface area contributed by atoms with Gasteiger partial charge in [-0.2, -0.15) is 22.0 Å². The summed E-state index contributed by atoms with van der Waals surface area (Å²) < 4.78 is 69.0. The molecule has 0 aliphatic heterocycles. The van der Waals surface area contributed by atoms with Crippen molar-refractivity contribution in [3.63, 3.8) is 0 Å². The summed E-state index contributed by atoms with van der Waals surface area (Å²) in [5, 5.41) is -0.458. The third kappa shape index (κ3) is 3.69. The maximum atomic E-state index is 14.4. The maximum Gasteiger partial charge on any atom is 0.418 e. The Morgan fingerprint density at radius 1 is 1.03 bits per heavy atom. The third-order valence-electron chi connectivity index (χ3n) is 4.22. The molecule has 1 amide bonds. The average molecular weight is 411 g/mol. The number of carbonyl (C=O) groups is 1. The van der Waals surface area contributed by atoms with Crippen LogP contribution in [0.2, 0.25) is 0 Å². The Morgan fingerprint density at radius 2 is 1.69 bits per heavy atom. The molecule has 0 bridgehead atoms. The lowest BCUT2D eigenvalue weighted by Gasteiger charge is -2.19. The van der Waals surface area contributed by atoms with Crippen molar-refractivity contribution in [3.8, 4) is 0 Å². The van der Waals surface area contributed by atoms with Crippen LogP contribution in [-0.4, -0.2) is 15.6 Å². The fourth-order valence-electron chi connectivity index (χ4n) is 2.78. The van der Waals surface area contributed by atoms with Crippen LogP contribution in [0.4, 0.5) is 22.0 Å². The first-order chi connectivity index (χ1) is 13.6. The van der Waals surface area contributed by atoms with Crippen molar-refractivity contribution < 1.29 is 26.7 Å². The van der Waals surface area contributed by atoms with Gasteiger partial charge in [-0.1, -0.05) is 43.3 Å². The molecule has 1 N–H and O–H groups in total. The van der Waals surface area contributed by atoms with Gasteiger partial charge in [-0.05, 0) is 12.1 Å². The zero-order valence-electron chi connectivity index (χ0n) is 14.9. The van der Waals surface area contributed by atoms with E-state index in [1.54, 1.807) is 5.43 Å². The molecule has 0 atom stereocenters. The number of hydrogen-bond donors (Lipinski definition) is 1. The third-order valence-corrected chi connectivity index (χ3v) is 4.22. The van der Waals surface area contributed by atoms with Crippen molar-refractivity contribution in [1.82, 2.24) is 9.66 Å². The summed E-state index contributed by atoms with van der Waals surface area (Å²) in [6.45, 7) is 1.46. The number of amides is 1. The molecule has 1 heterocycles. The normalized spacial score (nSPS) is 12.2. The number of para-hydroxylation sites is 1. The van der Waals surface area contributed by atoms with E-state index in [9.17, 15) is 31.5 Å². The lowest BCUT2D eigenvalue weighted by atomic mass is 10.1. The molecule has 29 heavy (non-hydrogen) atoms. The van der Waals surface area contributed by atoms with Crippen molar-refractivity contribution in [1.29, 1.82) is 0 Å². The first-order valence-corrected chi connectivity index (χ1v) is 8.44. The summed E-state index contributed by atoms with van der Waals surface area (Å²) >= 11 is 0. The van der Waals surface area contributed by atoms with Gasteiger partial charge in [0, 0.05) is 12.0 Å². The summed E-state index contributed by atoms with van der Waals surface area (Å²) in [6.07, 6.45) is -4.85. The molecule has 10 heteroatoms. The van der Waals surface area contributed by atoms with E-state index in [2.05, 4.69) is 4.98 Å². The Kier molecular flexibility index (Phi) is 5.12. The Labute approximate surface area is 160 Å². The van der Waals surface area contributed by atoms with Gasteiger partial charge in [0.05, 0.1) is 16.5 Å². The number of fused-ring (bicyclic) bond motifs is 1. The van der Waals surface area contributed by atoms with E-state index in [0.29, 0.717) is 4.68 Å². The SMILES string of the molecule is CCc1nc2c(C(F)(F)F)cccc2c(=O)n1NC(=O)C(F)(F)c1ccccc1. The molecule has 0 unspecified atom stereocenters. The summed E-state index contributed by atoms with van der Waals surface area (Å²) in [7, 11) is 0. The van der Waals surface area contributed by atoms with Crippen molar-refractivity contribution >= 4 is 16.8 Å². The maximum absolute atomic E-state index is 14.4. The van der Waals surface area contributed by atoms with Crippen LogP contribution in [-0.2, 0) is 23.3 Å². The van der Waals surface area contributed by atoms with Crippen molar-refractivity contribution in [2.75, 3.05) is 5.43 Å². The van der Waals surface area contributed by atoms with Gasteiger partial charge in [0.2, 0.25) is 0 Å². The van der Waals surface area contributed by atoms with E-state index >= 15 is 0 Å². The molecule has 0 fully saturated rings. The van der Waals surface area contributed by atoms with Crippen LogP contribution in [0.5, 0.6) is 0 Å². The highest BCUT2D eigenvalue weighted by Gasteiger charge is 2.41. The number of alkyl halides is 5. The van der Waals surface area contributed by atoms with Crippen molar-refractivity contribution in [2.45, 2.75) is 25.4 Å². The van der Waals surface area contributed by atoms with Crippen molar-refractivity contribution in [2.24, 2.45) is 0 Å². The van der Waals surface area contributed by atoms with Gasteiger partial charge in [0.15, 0.2) is 0 Å². The molecule has 0 spiro atoms. The first-order valence-electron chi connectivity index (χ1n) is 8.44. The van der Waals surface area contributed by atoms with E-state index in [1.165, 1.54) is 25.1 Å². The van der Waals surface area contributed by atoms with Gasteiger partial charge >= 0.3 is 18.0 Å². The molecule has 0 saturated carbocycles. The van der Waals surface area contributed by atoms with Gasteiger partial charge < -0.3 is 0 Å². The monoisotopic (exact) mass is 411 g/mol. The van der Waals surface area contributed by atoms with Gasteiger partial charge in [0.1, 0.15) is 5.82 Å². The second kappa shape index (κ2) is 7.26. The van der Waals surface area contributed by atoms with Gasteiger partial charge in [0.25, 0.3) is 5.56 Å². The predicted molar refractivity (Wildman–Crippen MR) is 95.1 cm³/mol. The van der Waals surface area contributed by atoms with E-state index in [0.717, 1.165) is 30.3 Å². The molecule has 5 nitrogen and oxygen atoms in total. The van der Waals surface area contributed by atoms with Gasteiger partial charge in [-0.15, -0.1) is 0 Å². The number of rotatable bonds is 4. The highest BCUT2D eigenvalue weighted by Crippen LogP contribution is 2.33. The Balaban J connectivity index is 2.12. The van der Waals surface area contributed by atoms with Crippen molar-refractivity contribution in [3.05, 3.63) is 75.8 Å². The fraction of sp³-hybridized carbons (Fsp3) is 0.211. The minimum absolute atomic E-state index is 0.0887. The molecule has 0 saturated heterocycles. The molecule has 0 aliphatic rings. The van der Waals surface area contributed by atoms with Crippen LogP contribution in [0, 0.1) is 0 Å². The number of aromatic nitrogens is 2. The van der Waals surface area contributed by atoms with E-state index in [4.69, 9.17) is 0 Å². The summed E-state index contributed by atoms with van der Waals surface area (Å²) in [4.78, 5) is 28.7.